The summed E-state index contributed by atoms with van der Waals surface area (Å²) in [7, 11) is 0. The monoisotopic (exact) mass is 346 g/mol. The molecule has 0 bridgehead atoms. The molecule has 3 aliphatic rings. The van der Waals surface area contributed by atoms with Gasteiger partial charge in [-0.05, 0) is 62.9 Å². The van der Waals surface area contributed by atoms with E-state index in [0.717, 1.165) is 38.2 Å². The molecule has 0 aromatic heterocycles. The standard InChI is InChI=1S/C20H27FN2O2/c21-17-5-3-4-16(14-17)20(7-12-25-13-8-20)19(24)23-11-6-18(15-23)22-9-1-2-10-22/h3-5,14,18H,1-2,6-13,15H2. The number of amides is 1. The Kier molecular flexibility index (Phi) is 4.78. The zero-order valence-electron chi connectivity index (χ0n) is 14.8. The summed E-state index contributed by atoms with van der Waals surface area (Å²) < 4.78 is 19.4. The van der Waals surface area contributed by atoms with Crippen molar-refractivity contribution in [2.75, 3.05) is 39.4 Å². The highest BCUT2D eigenvalue weighted by atomic mass is 19.1. The fraction of sp³-hybridized carbons (Fsp3) is 0.650. The zero-order valence-corrected chi connectivity index (χ0v) is 14.8. The first-order chi connectivity index (χ1) is 12.2. The Morgan fingerprint density at radius 1 is 1.16 bits per heavy atom. The van der Waals surface area contributed by atoms with Crippen LogP contribution in [0.1, 0.15) is 37.7 Å². The maximum atomic E-state index is 13.8. The smallest absolute Gasteiger partial charge is 0.233 e. The van der Waals surface area contributed by atoms with Crippen molar-refractivity contribution >= 4 is 5.91 Å². The van der Waals surface area contributed by atoms with Crippen LogP contribution < -0.4 is 0 Å². The molecule has 1 aromatic rings. The fourth-order valence-corrected chi connectivity index (χ4v) is 4.77. The number of carbonyl (C=O) groups is 1. The van der Waals surface area contributed by atoms with Crippen LogP contribution in [0, 0.1) is 5.82 Å². The molecule has 1 unspecified atom stereocenters. The van der Waals surface area contributed by atoms with Crippen molar-refractivity contribution in [3.8, 4) is 0 Å². The summed E-state index contributed by atoms with van der Waals surface area (Å²) in [5.74, 6) is -0.101. The molecule has 0 saturated carbocycles. The summed E-state index contributed by atoms with van der Waals surface area (Å²) in [5.41, 5.74) is 0.186. The van der Waals surface area contributed by atoms with Crippen molar-refractivity contribution in [2.24, 2.45) is 0 Å². The van der Waals surface area contributed by atoms with Crippen molar-refractivity contribution in [1.29, 1.82) is 0 Å². The Bertz CT molecular complexity index is 624. The van der Waals surface area contributed by atoms with E-state index >= 15 is 0 Å². The first-order valence-corrected chi connectivity index (χ1v) is 9.56. The van der Waals surface area contributed by atoms with Gasteiger partial charge in [-0.3, -0.25) is 9.69 Å². The van der Waals surface area contributed by atoms with Crippen LogP contribution in [0.3, 0.4) is 0 Å². The van der Waals surface area contributed by atoms with Crippen LogP contribution in [0.25, 0.3) is 0 Å². The van der Waals surface area contributed by atoms with E-state index in [1.807, 2.05) is 11.0 Å². The second kappa shape index (κ2) is 7.04. The van der Waals surface area contributed by atoms with Gasteiger partial charge in [0, 0.05) is 32.3 Å². The molecule has 1 amide bonds. The number of hydrogen-bond donors (Lipinski definition) is 0. The van der Waals surface area contributed by atoms with Gasteiger partial charge in [-0.15, -0.1) is 0 Å². The van der Waals surface area contributed by atoms with Crippen LogP contribution in [-0.2, 0) is 14.9 Å². The van der Waals surface area contributed by atoms with Gasteiger partial charge in [-0.1, -0.05) is 12.1 Å². The van der Waals surface area contributed by atoms with Crippen LogP contribution >= 0.6 is 0 Å². The first-order valence-electron chi connectivity index (χ1n) is 9.56. The lowest BCUT2D eigenvalue weighted by molar-refractivity contribution is -0.140. The molecule has 5 heteroatoms. The van der Waals surface area contributed by atoms with Gasteiger partial charge in [0.15, 0.2) is 0 Å². The molecule has 1 aromatic carbocycles. The molecule has 3 fully saturated rings. The molecule has 25 heavy (non-hydrogen) atoms. The number of nitrogens with zero attached hydrogens (tertiary/aromatic N) is 2. The number of benzene rings is 1. The van der Waals surface area contributed by atoms with Gasteiger partial charge in [0.05, 0.1) is 5.41 Å². The zero-order chi connectivity index (χ0) is 17.3. The largest absolute Gasteiger partial charge is 0.381 e. The second-order valence-electron chi connectivity index (χ2n) is 7.64. The average Bonchev–Trinajstić information content (AvgIpc) is 3.33. The number of halogens is 1. The minimum Gasteiger partial charge on any atom is -0.381 e. The third-order valence-corrected chi connectivity index (χ3v) is 6.24. The molecule has 4 nitrogen and oxygen atoms in total. The lowest BCUT2D eigenvalue weighted by atomic mass is 9.73. The molecule has 0 aliphatic carbocycles. The van der Waals surface area contributed by atoms with Gasteiger partial charge in [0.2, 0.25) is 5.91 Å². The van der Waals surface area contributed by atoms with Gasteiger partial charge in [-0.25, -0.2) is 4.39 Å². The van der Waals surface area contributed by atoms with Crippen molar-refractivity contribution in [3.05, 3.63) is 35.6 Å². The highest BCUT2D eigenvalue weighted by Gasteiger charge is 2.46. The van der Waals surface area contributed by atoms with E-state index in [9.17, 15) is 9.18 Å². The Labute approximate surface area is 148 Å². The van der Waals surface area contributed by atoms with Crippen molar-refractivity contribution in [2.45, 2.75) is 43.6 Å². The van der Waals surface area contributed by atoms with Gasteiger partial charge < -0.3 is 9.64 Å². The third kappa shape index (κ3) is 3.20. The number of likely N-dealkylation sites (tertiary alicyclic amines) is 2. The predicted octanol–water partition coefficient (Wildman–Crippen LogP) is 2.57. The summed E-state index contributed by atoms with van der Waals surface area (Å²) in [5, 5.41) is 0. The summed E-state index contributed by atoms with van der Waals surface area (Å²) in [6, 6.07) is 7.10. The Morgan fingerprint density at radius 3 is 2.64 bits per heavy atom. The molecule has 1 atom stereocenters. The van der Waals surface area contributed by atoms with Crippen LogP contribution in [0.2, 0.25) is 0 Å². The molecule has 0 N–H and O–H groups in total. The van der Waals surface area contributed by atoms with E-state index in [1.165, 1.54) is 25.0 Å². The van der Waals surface area contributed by atoms with Gasteiger partial charge in [0.25, 0.3) is 0 Å². The fourth-order valence-electron chi connectivity index (χ4n) is 4.77. The molecule has 0 spiro atoms. The van der Waals surface area contributed by atoms with E-state index in [4.69, 9.17) is 4.74 Å². The van der Waals surface area contributed by atoms with E-state index in [2.05, 4.69) is 4.90 Å². The van der Waals surface area contributed by atoms with Crippen molar-refractivity contribution in [3.63, 3.8) is 0 Å². The van der Waals surface area contributed by atoms with Gasteiger partial charge in [0.1, 0.15) is 5.82 Å². The van der Waals surface area contributed by atoms with E-state index in [0.29, 0.717) is 32.1 Å². The van der Waals surface area contributed by atoms with Crippen LogP contribution in [0.5, 0.6) is 0 Å². The summed E-state index contributed by atoms with van der Waals surface area (Å²) in [6.45, 7) is 5.08. The maximum Gasteiger partial charge on any atom is 0.233 e. The van der Waals surface area contributed by atoms with Crippen molar-refractivity contribution < 1.29 is 13.9 Å². The molecular formula is C20H27FN2O2. The number of carbonyl (C=O) groups excluding carboxylic acids is 1. The Hall–Kier alpha value is -1.46. The summed E-state index contributed by atoms with van der Waals surface area (Å²) in [6.07, 6.45) is 4.88. The highest BCUT2D eigenvalue weighted by Crippen LogP contribution is 2.38. The van der Waals surface area contributed by atoms with Crippen molar-refractivity contribution in [1.82, 2.24) is 9.80 Å². The molecule has 0 radical (unpaired) electrons. The van der Waals surface area contributed by atoms with Gasteiger partial charge >= 0.3 is 0 Å². The molecular weight excluding hydrogens is 319 g/mol. The Balaban J connectivity index is 1.56. The number of ether oxygens (including phenoxy) is 1. The topological polar surface area (TPSA) is 32.8 Å². The lowest BCUT2D eigenvalue weighted by Gasteiger charge is -2.39. The number of hydrogen-bond acceptors (Lipinski definition) is 3. The highest BCUT2D eigenvalue weighted by molar-refractivity contribution is 5.88. The maximum absolute atomic E-state index is 13.8. The SMILES string of the molecule is O=C(N1CCC(N2CCCC2)C1)C1(c2cccc(F)c2)CCOCC1. The molecule has 3 heterocycles. The molecule has 3 aliphatic heterocycles. The Morgan fingerprint density at radius 2 is 1.92 bits per heavy atom. The summed E-state index contributed by atoms with van der Waals surface area (Å²) in [4.78, 5) is 18.1. The second-order valence-corrected chi connectivity index (χ2v) is 7.64. The first kappa shape index (κ1) is 17.0. The van der Waals surface area contributed by atoms with E-state index < -0.39 is 5.41 Å². The molecule has 136 valence electrons. The van der Waals surface area contributed by atoms with E-state index in [-0.39, 0.29) is 11.7 Å². The minimum atomic E-state index is -0.625. The average molecular weight is 346 g/mol. The number of rotatable bonds is 3. The van der Waals surface area contributed by atoms with Crippen LogP contribution in [0.4, 0.5) is 4.39 Å². The third-order valence-electron chi connectivity index (χ3n) is 6.24. The van der Waals surface area contributed by atoms with Gasteiger partial charge in [-0.2, -0.15) is 0 Å². The molecule has 4 rings (SSSR count). The predicted molar refractivity (Wildman–Crippen MR) is 93.9 cm³/mol. The lowest BCUT2D eigenvalue weighted by Crippen LogP contribution is -2.50. The van der Waals surface area contributed by atoms with Crippen LogP contribution in [0.15, 0.2) is 24.3 Å². The summed E-state index contributed by atoms with van der Waals surface area (Å²) >= 11 is 0. The minimum absolute atomic E-state index is 0.170. The van der Waals surface area contributed by atoms with Crippen LogP contribution in [-0.4, -0.2) is 61.1 Å². The normalized spacial score (nSPS) is 26.9. The molecule has 3 saturated heterocycles. The van der Waals surface area contributed by atoms with E-state index in [1.54, 1.807) is 6.07 Å². The quantitative estimate of drug-likeness (QED) is 0.843.